The van der Waals surface area contributed by atoms with Gasteiger partial charge in [-0.25, -0.2) is 9.97 Å². The average molecular weight is 377 g/mol. The van der Waals surface area contributed by atoms with Crippen molar-refractivity contribution in [3.05, 3.63) is 59.2 Å². The molecular weight excluding hydrogens is 363 g/mol. The maximum absolute atomic E-state index is 12.8. The Hall–Kier alpha value is -3.43. The number of nitrogens with zero attached hydrogens (tertiary/aromatic N) is 3. The Morgan fingerprint density at radius 1 is 1.07 bits per heavy atom. The van der Waals surface area contributed by atoms with Crippen molar-refractivity contribution in [1.82, 2.24) is 15.1 Å². The monoisotopic (exact) mass is 377 g/mol. The van der Waals surface area contributed by atoms with Crippen molar-refractivity contribution < 1.29 is 22.5 Å². The van der Waals surface area contributed by atoms with E-state index in [1.165, 1.54) is 18.2 Å². The predicted molar refractivity (Wildman–Crippen MR) is 90.7 cm³/mol. The highest BCUT2D eigenvalue weighted by Crippen LogP contribution is 2.30. The van der Waals surface area contributed by atoms with E-state index in [0.29, 0.717) is 23.2 Å². The van der Waals surface area contributed by atoms with Crippen LogP contribution in [0.1, 0.15) is 27.6 Å². The molecule has 3 aromatic rings. The Labute approximate surface area is 151 Å². The number of carbonyl (C=O) groups is 1. The van der Waals surface area contributed by atoms with Gasteiger partial charge in [-0.3, -0.25) is 4.79 Å². The molecule has 0 atom stereocenters. The van der Waals surface area contributed by atoms with Crippen LogP contribution in [0.15, 0.2) is 40.9 Å². The number of halogens is 3. The summed E-state index contributed by atoms with van der Waals surface area (Å²) in [7, 11) is 0. The summed E-state index contributed by atoms with van der Waals surface area (Å²) < 4.78 is 43.3. The Balaban J connectivity index is 1.80. The third-order valence-electron chi connectivity index (χ3n) is 3.40. The highest BCUT2D eigenvalue weighted by Gasteiger charge is 2.30. The topological polar surface area (TPSA) is 92.9 Å². The molecule has 27 heavy (non-hydrogen) atoms. The lowest BCUT2D eigenvalue weighted by Crippen LogP contribution is -2.16. The molecule has 0 bridgehead atoms. The van der Waals surface area contributed by atoms with Gasteiger partial charge in [-0.15, -0.1) is 0 Å². The van der Waals surface area contributed by atoms with Crippen LogP contribution in [0.5, 0.6) is 0 Å². The van der Waals surface area contributed by atoms with Crippen molar-refractivity contribution in [2.75, 3.05) is 10.6 Å². The Morgan fingerprint density at radius 3 is 2.52 bits per heavy atom. The molecule has 1 aromatic carbocycles. The fourth-order valence-electron chi connectivity index (χ4n) is 2.27. The standard InChI is InChI=1S/C17H14F3N5O2/c1-9-6-15(25-27-9)24-14-8-13(21-10(2)22-14)16(26)23-12-5-3-4-11(7-12)17(18,19)20/h3-8H,1-2H3,(H,23,26)(H,21,22,24,25). The Bertz CT molecular complexity index is 985. The van der Waals surface area contributed by atoms with Crippen LogP contribution < -0.4 is 10.6 Å². The molecule has 0 saturated carbocycles. The summed E-state index contributed by atoms with van der Waals surface area (Å²) in [5.41, 5.74) is -0.863. The number of hydrogen-bond acceptors (Lipinski definition) is 6. The second-order valence-corrected chi connectivity index (χ2v) is 5.67. The van der Waals surface area contributed by atoms with E-state index in [2.05, 4.69) is 25.8 Å². The fourth-order valence-corrected chi connectivity index (χ4v) is 2.27. The van der Waals surface area contributed by atoms with Crippen LogP contribution in [0.2, 0.25) is 0 Å². The largest absolute Gasteiger partial charge is 0.416 e. The molecule has 0 fully saturated rings. The molecule has 2 N–H and O–H groups in total. The summed E-state index contributed by atoms with van der Waals surface area (Å²) in [4.78, 5) is 20.6. The van der Waals surface area contributed by atoms with E-state index in [4.69, 9.17) is 4.52 Å². The molecule has 7 nitrogen and oxygen atoms in total. The highest BCUT2D eigenvalue weighted by molar-refractivity contribution is 6.03. The summed E-state index contributed by atoms with van der Waals surface area (Å²) in [5, 5.41) is 9.03. The van der Waals surface area contributed by atoms with Gasteiger partial charge >= 0.3 is 6.18 Å². The van der Waals surface area contributed by atoms with Gasteiger partial charge in [0.2, 0.25) is 0 Å². The third-order valence-corrected chi connectivity index (χ3v) is 3.40. The molecule has 0 spiro atoms. The molecule has 2 heterocycles. The van der Waals surface area contributed by atoms with Gasteiger partial charge in [-0.1, -0.05) is 11.2 Å². The normalized spacial score (nSPS) is 11.3. The number of aryl methyl sites for hydroxylation is 2. The van der Waals surface area contributed by atoms with Crippen LogP contribution >= 0.6 is 0 Å². The molecular formula is C17H14F3N5O2. The molecule has 0 radical (unpaired) electrons. The van der Waals surface area contributed by atoms with Crippen molar-refractivity contribution in [2.24, 2.45) is 0 Å². The number of hydrogen-bond donors (Lipinski definition) is 2. The molecule has 10 heteroatoms. The SMILES string of the molecule is Cc1nc(Nc2cc(C)on2)cc(C(=O)Nc2cccc(C(F)(F)F)c2)n1. The van der Waals surface area contributed by atoms with Crippen LogP contribution in [0, 0.1) is 13.8 Å². The molecule has 1 amide bonds. The molecule has 3 rings (SSSR count). The minimum atomic E-state index is -4.50. The van der Waals surface area contributed by atoms with Gasteiger partial charge in [0.15, 0.2) is 5.82 Å². The second kappa shape index (κ2) is 7.06. The van der Waals surface area contributed by atoms with Crippen molar-refractivity contribution >= 4 is 23.2 Å². The zero-order valence-electron chi connectivity index (χ0n) is 14.3. The van der Waals surface area contributed by atoms with Crippen molar-refractivity contribution in [3.8, 4) is 0 Å². The van der Waals surface area contributed by atoms with Crippen LogP contribution in [0.25, 0.3) is 0 Å². The maximum atomic E-state index is 12.8. The minimum Gasteiger partial charge on any atom is -0.360 e. The van der Waals surface area contributed by atoms with Gasteiger partial charge in [0, 0.05) is 17.8 Å². The van der Waals surface area contributed by atoms with Crippen LogP contribution in [0.3, 0.4) is 0 Å². The third kappa shape index (κ3) is 4.60. The predicted octanol–water partition coefficient (Wildman–Crippen LogP) is 4.10. The van der Waals surface area contributed by atoms with Crippen molar-refractivity contribution in [1.29, 1.82) is 0 Å². The van der Waals surface area contributed by atoms with Gasteiger partial charge in [-0.05, 0) is 32.0 Å². The van der Waals surface area contributed by atoms with E-state index in [1.807, 2.05) is 0 Å². The molecule has 140 valence electrons. The quantitative estimate of drug-likeness (QED) is 0.711. The van der Waals surface area contributed by atoms with Crippen LogP contribution in [-0.2, 0) is 6.18 Å². The van der Waals surface area contributed by atoms with E-state index in [0.717, 1.165) is 12.1 Å². The van der Waals surface area contributed by atoms with Crippen LogP contribution in [0.4, 0.5) is 30.5 Å². The number of rotatable bonds is 4. The summed E-state index contributed by atoms with van der Waals surface area (Å²) in [6.45, 7) is 3.30. The van der Waals surface area contributed by atoms with E-state index in [1.54, 1.807) is 19.9 Å². The van der Waals surface area contributed by atoms with Gasteiger partial charge in [0.05, 0.1) is 5.56 Å². The molecule has 0 aliphatic heterocycles. The molecule has 0 saturated heterocycles. The van der Waals surface area contributed by atoms with E-state index in [9.17, 15) is 18.0 Å². The van der Waals surface area contributed by atoms with Crippen LogP contribution in [-0.4, -0.2) is 21.0 Å². The molecule has 0 aliphatic rings. The number of aromatic nitrogens is 3. The van der Waals surface area contributed by atoms with E-state index < -0.39 is 17.6 Å². The van der Waals surface area contributed by atoms with Gasteiger partial charge in [-0.2, -0.15) is 13.2 Å². The van der Waals surface area contributed by atoms with Crippen molar-refractivity contribution in [2.45, 2.75) is 20.0 Å². The Morgan fingerprint density at radius 2 is 1.85 bits per heavy atom. The summed E-state index contributed by atoms with van der Waals surface area (Å²) in [6, 6.07) is 7.34. The fraction of sp³-hybridized carbons (Fsp3) is 0.176. The van der Waals surface area contributed by atoms with Gasteiger partial charge in [0.25, 0.3) is 5.91 Å². The second-order valence-electron chi connectivity index (χ2n) is 5.67. The lowest BCUT2D eigenvalue weighted by atomic mass is 10.2. The molecule has 0 aliphatic carbocycles. The number of anilines is 3. The van der Waals surface area contributed by atoms with E-state index in [-0.39, 0.29) is 11.4 Å². The number of benzene rings is 1. The first-order chi connectivity index (χ1) is 12.7. The lowest BCUT2D eigenvalue weighted by molar-refractivity contribution is -0.137. The van der Waals surface area contributed by atoms with Gasteiger partial charge < -0.3 is 15.2 Å². The average Bonchev–Trinajstić information content (AvgIpc) is 2.98. The lowest BCUT2D eigenvalue weighted by Gasteiger charge is -2.10. The smallest absolute Gasteiger partial charge is 0.360 e. The molecule has 0 unspecified atom stereocenters. The Kier molecular flexibility index (Phi) is 4.80. The van der Waals surface area contributed by atoms with Gasteiger partial charge in [0.1, 0.15) is 23.1 Å². The van der Waals surface area contributed by atoms with E-state index >= 15 is 0 Å². The first kappa shape index (κ1) is 18.4. The minimum absolute atomic E-state index is 0.00715. The first-order valence-corrected chi connectivity index (χ1v) is 7.75. The summed E-state index contributed by atoms with van der Waals surface area (Å²) >= 11 is 0. The van der Waals surface area contributed by atoms with Crippen molar-refractivity contribution in [3.63, 3.8) is 0 Å². The zero-order valence-corrected chi connectivity index (χ0v) is 14.3. The first-order valence-electron chi connectivity index (χ1n) is 7.75. The summed E-state index contributed by atoms with van der Waals surface area (Å²) in [6.07, 6.45) is -4.50. The number of nitrogens with one attached hydrogen (secondary N) is 2. The maximum Gasteiger partial charge on any atom is 0.416 e. The summed E-state index contributed by atoms with van der Waals surface area (Å²) in [5.74, 6) is 0.916. The molecule has 2 aromatic heterocycles. The number of amides is 1. The number of alkyl halides is 3. The zero-order chi connectivity index (χ0) is 19.6. The highest BCUT2D eigenvalue weighted by atomic mass is 19.4. The number of carbonyl (C=O) groups excluding carboxylic acids is 1.